The van der Waals surface area contributed by atoms with E-state index in [-0.39, 0.29) is 0 Å². The summed E-state index contributed by atoms with van der Waals surface area (Å²) in [5.41, 5.74) is 5.53. The molecule has 2 nitrogen and oxygen atoms in total. The zero-order valence-corrected chi connectivity index (χ0v) is 9.13. The highest BCUT2D eigenvalue weighted by atomic mass is 15.1. The lowest BCUT2D eigenvalue weighted by Gasteiger charge is -2.31. The minimum absolute atomic E-state index is 0.759. The SMILES string of the molecule is CC(CCN)CN(C)CC1CCC1. The highest BCUT2D eigenvalue weighted by molar-refractivity contribution is 4.73. The van der Waals surface area contributed by atoms with Crippen LogP contribution in [0.1, 0.15) is 32.6 Å². The van der Waals surface area contributed by atoms with E-state index in [2.05, 4.69) is 18.9 Å². The van der Waals surface area contributed by atoms with Crippen LogP contribution in [0.5, 0.6) is 0 Å². The maximum Gasteiger partial charge on any atom is 0.000672 e. The topological polar surface area (TPSA) is 29.3 Å². The first-order valence-corrected chi connectivity index (χ1v) is 5.61. The summed E-state index contributed by atoms with van der Waals surface area (Å²) in [5, 5.41) is 0. The molecule has 1 aliphatic rings. The van der Waals surface area contributed by atoms with Gasteiger partial charge in [-0.25, -0.2) is 0 Å². The van der Waals surface area contributed by atoms with Gasteiger partial charge in [0, 0.05) is 13.1 Å². The van der Waals surface area contributed by atoms with Gasteiger partial charge >= 0.3 is 0 Å². The van der Waals surface area contributed by atoms with Crippen molar-refractivity contribution in [2.24, 2.45) is 17.6 Å². The Bertz CT molecular complexity index is 132. The Morgan fingerprint density at radius 2 is 2.15 bits per heavy atom. The lowest BCUT2D eigenvalue weighted by Crippen LogP contribution is -2.33. The smallest absolute Gasteiger partial charge is 0.000672 e. The van der Waals surface area contributed by atoms with Crippen molar-refractivity contribution in [2.75, 3.05) is 26.7 Å². The first-order chi connectivity index (χ1) is 6.22. The molecular formula is C11H24N2. The van der Waals surface area contributed by atoms with Gasteiger partial charge in [-0.2, -0.15) is 0 Å². The molecular weight excluding hydrogens is 160 g/mol. The van der Waals surface area contributed by atoms with Crippen LogP contribution in [-0.4, -0.2) is 31.6 Å². The molecule has 1 saturated carbocycles. The van der Waals surface area contributed by atoms with E-state index in [0.29, 0.717) is 0 Å². The largest absolute Gasteiger partial charge is 0.330 e. The Morgan fingerprint density at radius 3 is 2.62 bits per heavy atom. The monoisotopic (exact) mass is 184 g/mol. The van der Waals surface area contributed by atoms with Crippen molar-refractivity contribution < 1.29 is 0 Å². The van der Waals surface area contributed by atoms with Crippen LogP contribution >= 0.6 is 0 Å². The van der Waals surface area contributed by atoms with Crippen LogP contribution in [-0.2, 0) is 0 Å². The molecule has 13 heavy (non-hydrogen) atoms. The Hall–Kier alpha value is -0.0800. The van der Waals surface area contributed by atoms with E-state index in [0.717, 1.165) is 24.8 Å². The summed E-state index contributed by atoms with van der Waals surface area (Å²) >= 11 is 0. The van der Waals surface area contributed by atoms with Gasteiger partial charge in [-0.15, -0.1) is 0 Å². The van der Waals surface area contributed by atoms with Crippen molar-refractivity contribution in [1.29, 1.82) is 0 Å². The normalized spacial score (nSPS) is 20.3. The summed E-state index contributed by atoms with van der Waals surface area (Å²) in [5.74, 6) is 1.75. The number of nitrogens with two attached hydrogens (primary N) is 1. The third kappa shape index (κ3) is 4.10. The van der Waals surface area contributed by atoms with E-state index >= 15 is 0 Å². The van der Waals surface area contributed by atoms with Gasteiger partial charge in [-0.1, -0.05) is 13.3 Å². The Morgan fingerprint density at radius 1 is 1.46 bits per heavy atom. The van der Waals surface area contributed by atoms with Gasteiger partial charge in [0.1, 0.15) is 0 Å². The zero-order valence-electron chi connectivity index (χ0n) is 9.13. The van der Waals surface area contributed by atoms with Gasteiger partial charge in [0.2, 0.25) is 0 Å². The van der Waals surface area contributed by atoms with E-state index < -0.39 is 0 Å². The van der Waals surface area contributed by atoms with E-state index in [1.807, 2.05) is 0 Å². The zero-order chi connectivity index (χ0) is 9.68. The molecule has 1 atom stereocenters. The van der Waals surface area contributed by atoms with Gasteiger partial charge in [0.15, 0.2) is 0 Å². The third-order valence-electron chi connectivity index (χ3n) is 3.08. The standard InChI is InChI=1S/C11H24N2/c1-10(6-7-12)8-13(2)9-11-4-3-5-11/h10-11H,3-9,12H2,1-2H3. The highest BCUT2D eigenvalue weighted by Gasteiger charge is 2.19. The molecule has 1 aliphatic carbocycles. The van der Waals surface area contributed by atoms with Crippen LogP contribution in [0.25, 0.3) is 0 Å². The molecule has 0 spiro atoms. The van der Waals surface area contributed by atoms with Crippen molar-refractivity contribution >= 4 is 0 Å². The van der Waals surface area contributed by atoms with Crippen LogP contribution in [0.3, 0.4) is 0 Å². The van der Waals surface area contributed by atoms with Gasteiger partial charge in [-0.3, -0.25) is 0 Å². The summed E-state index contributed by atoms with van der Waals surface area (Å²) < 4.78 is 0. The van der Waals surface area contributed by atoms with Crippen molar-refractivity contribution in [2.45, 2.75) is 32.6 Å². The molecule has 1 unspecified atom stereocenters. The number of hydrogen-bond donors (Lipinski definition) is 1. The molecule has 0 aromatic carbocycles. The second-order valence-electron chi connectivity index (χ2n) is 4.70. The number of rotatable bonds is 6. The van der Waals surface area contributed by atoms with Crippen LogP contribution < -0.4 is 5.73 Å². The van der Waals surface area contributed by atoms with Crippen LogP contribution in [0.2, 0.25) is 0 Å². The molecule has 0 aliphatic heterocycles. The summed E-state index contributed by atoms with van der Waals surface area (Å²) in [6, 6.07) is 0. The fourth-order valence-electron chi connectivity index (χ4n) is 2.10. The lowest BCUT2D eigenvalue weighted by atomic mass is 9.85. The van der Waals surface area contributed by atoms with Crippen molar-refractivity contribution in [3.05, 3.63) is 0 Å². The van der Waals surface area contributed by atoms with Crippen molar-refractivity contribution in [1.82, 2.24) is 4.90 Å². The summed E-state index contributed by atoms with van der Waals surface area (Å²) in [4.78, 5) is 2.48. The lowest BCUT2D eigenvalue weighted by molar-refractivity contribution is 0.186. The molecule has 0 heterocycles. The van der Waals surface area contributed by atoms with Crippen molar-refractivity contribution in [3.8, 4) is 0 Å². The number of hydrogen-bond acceptors (Lipinski definition) is 2. The Labute approximate surface area is 82.5 Å². The molecule has 0 aromatic heterocycles. The predicted octanol–water partition coefficient (Wildman–Crippen LogP) is 1.70. The first-order valence-electron chi connectivity index (χ1n) is 5.61. The quantitative estimate of drug-likeness (QED) is 0.681. The maximum atomic E-state index is 5.53. The van der Waals surface area contributed by atoms with E-state index in [1.165, 1.54) is 32.4 Å². The summed E-state index contributed by atoms with van der Waals surface area (Å²) in [7, 11) is 2.24. The summed E-state index contributed by atoms with van der Waals surface area (Å²) in [6.07, 6.45) is 5.52. The van der Waals surface area contributed by atoms with Gasteiger partial charge in [0.25, 0.3) is 0 Å². The molecule has 0 saturated heterocycles. The van der Waals surface area contributed by atoms with E-state index in [1.54, 1.807) is 0 Å². The van der Waals surface area contributed by atoms with Gasteiger partial charge in [-0.05, 0) is 44.7 Å². The molecule has 2 N–H and O–H groups in total. The van der Waals surface area contributed by atoms with E-state index in [9.17, 15) is 0 Å². The summed E-state index contributed by atoms with van der Waals surface area (Å²) in [6.45, 7) is 5.64. The molecule has 0 amide bonds. The highest BCUT2D eigenvalue weighted by Crippen LogP contribution is 2.26. The Balaban J connectivity index is 2.04. The van der Waals surface area contributed by atoms with Crippen molar-refractivity contribution in [3.63, 3.8) is 0 Å². The second kappa shape index (κ2) is 5.61. The minimum Gasteiger partial charge on any atom is -0.330 e. The predicted molar refractivity (Wildman–Crippen MR) is 57.7 cm³/mol. The van der Waals surface area contributed by atoms with Crippen LogP contribution in [0.15, 0.2) is 0 Å². The van der Waals surface area contributed by atoms with E-state index in [4.69, 9.17) is 5.73 Å². The number of nitrogens with zero attached hydrogens (tertiary/aromatic N) is 1. The molecule has 2 heteroatoms. The van der Waals surface area contributed by atoms with Crippen LogP contribution in [0, 0.1) is 11.8 Å². The van der Waals surface area contributed by atoms with Gasteiger partial charge in [0.05, 0.1) is 0 Å². The molecule has 1 rings (SSSR count). The molecule has 1 fully saturated rings. The average Bonchev–Trinajstić information content (AvgIpc) is 1.97. The average molecular weight is 184 g/mol. The van der Waals surface area contributed by atoms with Gasteiger partial charge < -0.3 is 10.6 Å². The third-order valence-corrected chi connectivity index (χ3v) is 3.08. The maximum absolute atomic E-state index is 5.53. The fraction of sp³-hybridized carbons (Fsp3) is 1.00. The van der Waals surface area contributed by atoms with Crippen LogP contribution in [0.4, 0.5) is 0 Å². The molecule has 0 bridgehead atoms. The molecule has 78 valence electrons. The molecule has 0 radical (unpaired) electrons. The Kier molecular flexibility index (Phi) is 4.74. The fourth-order valence-corrected chi connectivity index (χ4v) is 2.10. The minimum atomic E-state index is 0.759. The second-order valence-corrected chi connectivity index (χ2v) is 4.70. The molecule has 0 aromatic rings. The first kappa shape index (κ1) is 11.0.